The lowest BCUT2D eigenvalue weighted by Gasteiger charge is -2.29. The second-order valence-electron chi connectivity index (χ2n) is 7.23. The molecule has 6 nitrogen and oxygen atoms in total. The van der Waals surface area contributed by atoms with Crippen molar-refractivity contribution in [2.24, 2.45) is 0 Å². The van der Waals surface area contributed by atoms with Gasteiger partial charge in [-0.25, -0.2) is 0 Å². The van der Waals surface area contributed by atoms with E-state index in [2.05, 4.69) is 48.4 Å². The van der Waals surface area contributed by atoms with Crippen molar-refractivity contribution in [2.75, 3.05) is 45.3 Å². The van der Waals surface area contributed by atoms with E-state index in [0.29, 0.717) is 32.5 Å². The molecule has 1 aliphatic rings. The molecule has 1 aliphatic heterocycles. The van der Waals surface area contributed by atoms with Gasteiger partial charge in [0.25, 0.3) is 0 Å². The molecular weight excluding hydrogens is 344 g/mol. The third-order valence-corrected chi connectivity index (χ3v) is 5.27. The second kappa shape index (κ2) is 9.04. The number of fused-ring (bicyclic) bond motifs is 1. The fourth-order valence-corrected chi connectivity index (χ4v) is 3.41. The van der Waals surface area contributed by atoms with Gasteiger partial charge in [-0.2, -0.15) is 0 Å². The van der Waals surface area contributed by atoms with Crippen molar-refractivity contribution in [3.8, 4) is 0 Å². The quantitative estimate of drug-likeness (QED) is 0.620. The zero-order chi connectivity index (χ0) is 20.0. The van der Waals surface area contributed by atoms with Crippen LogP contribution in [-0.4, -0.2) is 57.2 Å². The van der Waals surface area contributed by atoms with Crippen LogP contribution in [0, 0.1) is 0 Å². The maximum atomic E-state index is 11.5. The van der Waals surface area contributed by atoms with Crippen LogP contribution < -0.4 is 4.90 Å². The number of methoxy groups -OCH3 is 2. The van der Waals surface area contributed by atoms with Crippen LogP contribution in [0.4, 0.5) is 5.69 Å². The highest BCUT2D eigenvalue weighted by molar-refractivity contribution is 5.70. The van der Waals surface area contributed by atoms with Crippen molar-refractivity contribution in [1.29, 1.82) is 0 Å². The van der Waals surface area contributed by atoms with Crippen LogP contribution in [0.5, 0.6) is 0 Å². The molecule has 0 atom stereocenters. The van der Waals surface area contributed by atoms with Gasteiger partial charge in [-0.05, 0) is 11.6 Å². The number of carbonyl (C=O) groups is 2. The van der Waals surface area contributed by atoms with Gasteiger partial charge in [0.15, 0.2) is 0 Å². The first-order valence-electron chi connectivity index (χ1n) is 9.23. The van der Waals surface area contributed by atoms with Gasteiger partial charge < -0.3 is 19.3 Å². The lowest BCUT2D eigenvalue weighted by Crippen LogP contribution is -2.37. The molecule has 27 heavy (non-hydrogen) atoms. The van der Waals surface area contributed by atoms with Crippen LogP contribution in [0.25, 0.3) is 0 Å². The fraction of sp³-hybridized carbons (Fsp3) is 0.524. The van der Waals surface area contributed by atoms with Gasteiger partial charge in [0.1, 0.15) is 0 Å². The number of para-hydroxylation sites is 1. The van der Waals surface area contributed by atoms with Gasteiger partial charge in [-0.1, -0.05) is 38.6 Å². The lowest BCUT2D eigenvalue weighted by atomic mass is 9.84. The van der Waals surface area contributed by atoms with Crippen LogP contribution in [0.3, 0.4) is 0 Å². The van der Waals surface area contributed by atoms with E-state index < -0.39 is 0 Å². The Kier molecular flexibility index (Phi) is 7.02. The summed E-state index contributed by atoms with van der Waals surface area (Å²) in [6.07, 6.45) is 0.585. The molecule has 1 aromatic rings. The van der Waals surface area contributed by atoms with E-state index in [9.17, 15) is 9.59 Å². The first-order valence-corrected chi connectivity index (χ1v) is 9.23. The molecule has 0 N–H and O–H groups in total. The number of ether oxygens (including phenoxy) is 2. The van der Waals surface area contributed by atoms with E-state index in [4.69, 9.17) is 9.47 Å². The molecule has 0 saturated carbocycles. The minimum absolute atomic E-state index is 0.112. The molecule has 0 bridgehead atoms. The van der Waals surface area contributed by atoms with E-state index in [1.807, 2.05) is 6.07 Å². The van der Waals surface area contributed by atoms with E-state index >= 15 is 0 Å². The van der Waals surface area contributed by atoms with Gasteiger partial charge in [-0.3, -0.25) is 9.59 Å². The Hall–Kier alpha value is -2.34. The molecule has 6 heteroatoms. The molecular formula is C21H30N2O4. The summed E-state index contributed by atoms with van der Waals surface area (Å²) >= 11 is 0. The van der Waals surface area contributed by atoms with Crippen LogP contribution in [0.2, 0.25) is 0 Å². The third-order valence-electron chi connectivity index (χ3n) is 5.27. The molecule has 1 heterocycles. The number of anilines is 1. The van der Waals surface area contributed by atoms with Gasteiger partial charge in [0, 0.05) is 43.0 Å². The normalized spacial score (nSPS) is 15.0. The topological polar surface area (TPSA) is 59.1 Å². The molecule has 1 aromatic carbocycles. The zero-order valence-electron chi connectivity index (χ0n) is 16.8. The summed E-state index contributed by atoms with van der Waals surface area (Å²) in [6, 6.07) is 8.35. The minimum atomic E-state index is -0.255. The van der Waals surface area contributed by atoms with Crippen LogP contribution in [-0.2, 0) is 24.5 Å². The molecule has 0 aliphatic carbocycles. The van der Waals surface area contributed by atoms with Crippen molar-refractivity contribution < 1.29 is 19.1 Å². The Morgan fingerprint density at radius 1 is 1.04 bits per heavy atom. The maximum Gasteiger partial charge on any atom is 0.306 e. The Bertz CT molecular complexity index is 679. The number of hydrogen-bond donors (Lipinski definition) is 0. The van der Waals surface area contributed by atoms with Crippen LogP contribution >= 0.6 is 0 Å². The van der Waals surface area contributed by atoms with Crippen molar-refractivity contribution in [3.05, 3.63) is 42.1 Å². The molecule has 0 radical (unpaired) electrons. The number of rotatable bonds is 9. The molecule has 2 rings (SSSR count). The van der Waals surface area contributed by atoms with Crippen LogP contribution in [0.1, 0.15) is 32.3 Å². The molecule has 0 spiro atoms. The molecule has 0 aromatic heterocycles. The number of nitrogens with zero attached hydrogens (tertiary/aromatic N) is 2. The zero-order valence-corrected chi connectivity index (χ0v) is 16.8. The summed E-state index contributed by atoms with van der Waals surface area (Å²) < 4.78 is 9.47. The van der Waals surface area contributed by atoms with Crippen molar-refractivity contribution in [2.45, 2.75) is 32.1 Å². The molecule has 148 valence electrons. The summed E-state index contributed by atoms with van der Waals surface area (Å²) in [7, 11) is 2.77. The smallest absolute Gasteiger partial charge is 0.306 e. The van der Waals surface area contributed by atoms with Gasteiger partial charge in [0.2, 0.25) is 0 Å². The van der Waals surface area contributed by atoms with Crippen molar-refractivity contribution in [3.63, 3.8) is 0 Å². The second-order valence-corrected chi connectivity index (χ2v) is 7.23. The van der Waals surface area contributed by atoms with E-state index in [1.54, 1.807) is 0 Å². The summed E-state index contributed by atoms with van der Waals surface area (Å²) in [5.41, 5.74) is 3.39. The van der Waals surface area contributed by atoms with Gasteiger partial charge in [0.05, 0.1) is 27.1 Å². The van der Waals surface area contributed by atoms with E-state index in [0.717, 1.165) is 12.2 Å². The molecule has 0 amide bonds. The van der Waals surface area contributed by atoms with Crippen molar-refractivity contribution in [1.82, 2.24) is 4.90 Å². The highest BCUT2D eigenvalue weighted by atomic mass is 16.5. The van der Waals surface area contributed by atoms with Crippen LogP contribution in [0.15, 0.2) is 36.5 Å². The number of hydrogen-bond acceptors (Lipinski definition) is 6. The highest BCUT2D eigenvalue weighted by Crippen LogP contribution is 2.46. The van der Waals surface area contributed by atoms with Gasteiger partial charge in [-0.15, -0.1) is 0 Å². The summed E-state index contributed by atoms with van der Waals surface area (Å²) in [5.74, 6) is -0.509. The fourth-order valence-electron chi connectivity index (χ4n) is 3.41. The first kappa shape index (κ1) is 21.0. The number of esters is 2. The maximum absolute atomic E-state index is 11.5. The largest absolute Gasteiger partial charge is 0.469 e. The Labute approximate surface area is 161 Å². The monoisotopic (exact) mass is 374 g/mol. The van der Waals surface area contributed by atoms with E-state index in [1.165, 1.54) is 25.5 Å². The lowest BCUT2D eigenvalue weighted by molar-refractivity contribution is -0.141. The summed E-state index contributed by atoms with van der Waals surface area (Å²) in [4.78, 5) is 27.3. The average Bonchev–Trinajstić information content (AvgIpc) is 2.87. The standard InChI is InChI=1S/C21H30N2O4/c1-16-21(2,3)17-8-6-7-9-18(17)23(16)15-14-22(12-10-19(24)26-4)13-11-20(25)27-5/h6-9H,1,10-15H2,2-5H3. The SMILES string of the molecule is C=C1N(CCN(CCC(=O)OC)CCC(=O)OC)c2ccccc2C1(C)C. The first-order chi connectivity index (χ1) is 12.8. The predicted octanol–water partition coefficient (Wildman–Crippen LogP) is 2.73. The predicted molar refractivity (Wildman–Crippen MR) is 106 cm³/mol. The molecule has 0 unspecified atom stereocenters. The number of carbonyl (C=O) groups excluding carboxylic acids is 2. The van der Waals surface area contributed by atoms with E-state index in [-0.39, 0.29) is 17.4 Å². The Morgan fingerprint density at radius 2 is 1.59 bits per heavy atom. The molecule has 0 fully saturated rings. The summed E-state index contributed by atoms with van der Waals surface area (Å²) in [6.45, 7) is 11.2. The Balaban J connectivity index is 2.05. The van der Waals surface area contributed by atoms with Gasteiger partial charge >= 0.3 is 11.9 Å². The Morgan fingerprint density at radius 3 is 2.15 bits per heavy atom. The van der Waals surface area contributed by atoms with Crippen molar-refractivity contribution >= 4 is 17.6 Å². The molecule has 0 saturated heterocycles. The summed E-state index contributed by atoms with van der Waals surface area (Å²) in [5, 5.41) is 0. The third kappa shape index (κ3) is 4.89. The average molecular weight is 374 g/mol. The number of allylic oxidation sites excluding steroid dienone is 1. The highest BCUT2D eigenvalue weighted by Gasteiger charge is 2.38. The number of benzene rings is 1. The minimum Gasteiger partial charge on any atom is -0.469 e.